The highest BCUT2D eigenvalue weighted by Crippen LogP contribution is 2.43. The van der Waals surface area contributed by atoms with Gasteiger partial charge in [-0.05, 0) is 43.0 Å². The number of benzene rings is 3. The number of hydrogen-bond donors (Lipinski definition) is 0. The Morgan fingerprint density at radius 2 is 1.54 bits per heavy atom. The molecule has 1 saturated carbocycles. The number of amides is 1. The number of para-hydroxylation sites is 1. The van der Waals surface area contributed by atoms with Gasteiger partial charge < -0.3 is 23.7 Å². The van der Waals surface area contributed by atoms with Gasteiger partial charge in [0.1, 0.15) is 5.58 Å². The first-order valence-electron chi connectivity index (χ1n) is 16.6. The van der Waals surface area contributed by atoms with Gasteiger partial charge >= 0.3 is 0 Å². The maximum Gasteiger partial charge on any atom is 0.241 e. The van der Waals surface area contributed by atoms with E-state index >= 15 is 0 Å². The van der Waals surface area contributed by atoms with Crippen molar-refractivity contribution in [2.75, 3.05) is 75.5 Å². The minimum absolute atomic E-state index is 0.0414. The minimum Gasteiger partial charge on any atom is -0.440 e. The van der Waals surface area contributed by atoms with Gasteiger partial charge in [-0.2, -0.15) is 0 Å². The van der Waals surface area contributed by atoms with E-state index in [0.717, 1.165) is 51.9 Å². The van der Waals surface area contributed by atoms with Crippen molar-refractivity contribution in [3.63, 3.8) is 0 Å². The Kier molecular flexibility index (Phi) is 9.08. The quantitative estimate of drug-likeness (QED) is 0.195. The van der Waals surface area contributed by atoms with E-state index < -0.39 is 0 Å². The van der Waals surface area contributed by atoms with E-state index in [1.807, 2.05) is 36.9 Å². The SMILES string of the molecule is CC.O=C(CN1CCOCC1)N(CC1CC1)c1ccc2sc3c(-c4cccc5c(=O)cc(N6CCOCC6)oc45)cccc3c2c1. The fourth-order valence-electron chi connectivity index (χ4n) is 6.43. The van der Waals surface area contributed by atoms with E-state index in [-0.39, 0.29) is 11.3 Å². The summed E-state index contributed by atoms with van der Waals surface area (Å²) in [5.41, 5.74) is 3.47. The van der Waals surface area contributed by atoms with E-state index in [9.17, 15) is 9.59 Å². The van der Waals surface area contributed by atoms with Crippen LogP contribution in [0.1, 0.15) is 26.7 Å². The fraction of sp³-hybridized carbons (Fsp3) is 0.405. The molecule has 3 aromatic carbocycles. The molecule has 0 N–H and O–H groups in total. The van der Waals surface area contributed by atoms with Crippen molar-refractivity contribution in [2.45, 2.75) is 26.7 Å². The highest BCUT2D eigenvalue weighted by molar-refractivity contribution is 7.26. The van der Waals surface area contributed by atoms with Crippen LogP contribution in [0.5, 0.6) is 0 Å². The van der Waals surface area contributed by atoms with E-state index in [1.54, 1.807) is 17.4 Å². The summed E-state index contributed by atoms with van der Waals surface area (Å²) in [7, 11) is 0. The van der Waals surface area contributed by atoms with Crippen molar-refractivity contribution in [3.05, 3.63) is 70.9 Å². The van der Waals surface area contributed by atoms with E-state index in [2.05, 4.69) is 46.2 Å². The largest absolute Gasteiger partial charge is 0.440 e. The average molecular weight is 640 g/mol. The van der Waals surface area contributed by atoms with Gasteiger partial charge in [-0.3, -0.25) is 14.5 Å². The summed E-state index contributed by atoms with van der Waals surface area (Å²) in [6.07, 6.45) is 2.37. The van der Waals surface area contributed by atoms with Crippen LogP contribution in [0.4, 0.5) is 11.6 Å². The molecule has 0 radical (unpaired) electrons. The van der Waals surface area contributed by atoms with Crippen molar-refractivity contribution >= 4 is 60.0 Å². The third kappa shape index (κ3) is 6.17. The molecule has 3 fully saturated rings. The molecule has 0 bridgehead atoms. The van der Waals surface area contributed by atoms with Crippen LogP contribution in [0.3, 0.4) is 0 Å². The first-order chi connectivity index (χ1) is 22.6. The van der Waals surface area contributed by atoms with Crippen molar-refractivity contribution in [1.29, 1.82) is 0 Å². The van der Waals surface area contributed by atoms with Crippen LogP contribution in [0, 0.1) is 5.92 Å². The summed E-state index contributed by atoms with van der Waals surface area (Å²) >= 11 is 1.74. The summed E-state index contributed by atoms with van der Waals surface area (Å²) in [4.78, 5) is 33.2. The van der Waals surface area contributed by atoms with Gasteiger partial charge in [-0.1, -0.05) is 44.2 Å². The summed E-state index contributed by atoms with van der Waals surface area (Å²) in [5, 5.41) is 2.86. The number of morpholine rings is 2. The van der Waals surface area contributed by atoms with Crippen molar-refractivity contribution < 1.29 is 18.7 Å². The maximum absolute atomic E-state index is 13.6. The molecule has 1 amide bonds. The average Bonchev–Trinajstić information content (AvgIpc) is 3.86. The molecule has 8 rings (SSSR count). The fourth-order valence-corrected chi connectivity index (χ4v) is 7.64. The topological polar surface area (TPSA) is 75.5 Å². The van der Waals surface area contributed by atoms with Crippen molar-refractivity contribution in [3.8, 4) is 11.1 Å². The van der Waals surface area contributed by atoms with Crippen LogP contribution in [0.2, 0.25) is 0 Å². The van der Waals surface area contributed by atoms with Crippen LogP contribution in [-0.2, 0) is 14.3 Å². The van der Waals surface area contributed by atoms with Gasteiger partial charge in [0, 0.05) is 75.8 Å². The van der Waals surface area contributed by atoms with Gasteiger partial charge in [-0.25, -0.2) is 0 Å². The van der Waals surface area contributed by atoms with Gasteiger partial charge in [0.05, 0.1) is 38.4 Å². The second-order valence-electron chi connectivity index (χ2n) is 12.0. The third-order valence-electron chi connectivity index (χ3n) is 9.05. The molecule has 2 saturated heterocycles. The molecule has 46 heavy (non-hydrogen) atoms. The molecule has 2 aliphatic heterocycles. The highest BCUT2D eigenvalue weighted by Gasteiger charge is 2.29. The molecule has 1 aliphatic carbocycles. The number of rotatable bonds is 7. The monoisotopic (exact) mass is 639 g/mol. The minimum atomic E-state index is -0.0414. The van der Waals surface area contributed by atoms with Crippen LogP contribution < -0.4 is 15.2 Å². The molecule has 2 aromatic heterocycles. The van der Waals surface area contributed by atoms with Crippen LogP contribution >= 0.6 is 11.3 Å². The molecule has 9 heteroatoms. The summed E-state index contributed by atoms with van der Waals surface area (Å²) < 4.78 is 19.8. The lowest BCUT2D eigenvalue weighted by Gasteiger charge is -2.30. The third-order valence-corrected chi connectivity index (χ3v) is 10.3. The number of thiophene rings is 1. The normalized spacial score (nSPS) is 17.3. The Labute approximate surface area is 273 Å². The smallest absolute Gasteiger partial charge is 0.241 e. The van der Waals surface area contributed by atoms with Gasteiger partial charge in [0.25, 0.3) is 0 Å². The number of fused-ring (bicyclic) bond motifs is 4. The van der Waals surface area contributed by atoms with E-state index in [0.29, 0.717) is 68.8 Å². The van der Waals surface area contributed by atoms with Crippen LogP contribution in [0.25, 0.3) is 42.3 Å². The summed E-state index contributed by atoms with van der Waals surface area (Å²) in [6, 6.07) is 20.2. The molecule has 240 valence electrons. The van der Waals surface area contributed by atoms with E-state index in [4.69, 9.17) is 13.9 Å². The highest BCUT2D eigenvalue weighted by atomic mass is 32.1. The molecule has 8 nitrogen and oxygen atoms in total. The van der Waals surface area contributed by atoms with Crippen LogP contribution in [0.15, 0.2) is 69.9 Å². The number of carbonyl (C=O) groups excluding carboxylic acids is 1. The molecular weight excluding hydrogens is 598 g/mol. The van der Waals surface area contributed by atoms with Crippen molar-refractivity contribution in [1.82, 2.24) is 4.90 Å². The second-order valence-corrected chi connectivity index (χ2v) is 13.1. The lowest BCUT2D eigenvalue weighted by Crippen LogP contribution is -2.45. The zero-order valence-corrected chi connectivity index (χ0v) is 27.4. The number of carbonyl (C=O) groups is 1. The number of hydrogen-bond acceptors (Lipinski definition) is 8. The zero-order chi connectivity index (χ0) is 31.6. The lowest BCUT2D eigenvalue weighted by atomic mass is 10.0. The second kappa shape index (κ2) is 13.5. The van der Waals surface area contributed by atoms with Crippen molar-refractivity contribution in [2.24, 2.45) is 5.92 Å². The Morgan fingerprint density at radius 1 is 0.848 bits per heavy atom. The molecule has 0 spiro atoms. The molecular formula is C37H41N3O5S. The predicted molar refractivity (Wildman–Crippen MR) is 188 cm³/mol. The molecule has 0 unspecified atom stereocenters. The van der Waals surface area contributed by atoms with E-state index in [1.165, 1.54) is 17.5 Å². The molecule has 3 aliphatic rings. The Morgan fingerprint density at radius 3 is 2.28 bits per heavy atom. The first kappa shape index (κ1) is 30.9. The summed E-state index contributed by atoms with van der Waals surface area (Å²) in [6.45, 7) is 10.7. The molecule has 5 aromatic rings. The standard InChI is InChI=1S/C35H35N3O5S.C2H6/c39-30-20-33(37-13-17-42-18-14-37)43-34-25(3-1-6-28(30)34)26-4-2-5-27-29-19-24(9-10-31(29)44-35(26)27)38(21-23-7-8-23)32(40)22-36-11-15-41-16-12-36;1-2/h1-6,9-10,19-20,23H,7-8,11-18,21-22H2;1-2H3. The van der Waals surface area contributed by atoms with Gasteiger partial charge in [0.2, 0.25) is 5.91 Å². The van der Waals surface area contributed by atoms with Crippen LogP contribution in [-0.4, -0.2) is 76.5 Å². The number of anilines is 2. The lowest BCUT2D eigenvalue weighted by molar-refractivity contribution is -0.120. The molecule has 0 atom stereocenters. The Hall–Kier alpha value is -3.76. The van der Waals surface area contributed by atoms with Gasteiger partial charge in [0.15, 0.2) is 11.3 Å². The first-order valence-corrected chi connectivity index (χ1v) is 17.4. The zero-order valence-electron chi connectivity index (χ0n) is 26.6. The number of nitrogens with zero attached hydrogens (tertiary/aromatic N) is 3. The van der Waals surface area contributed by atoms with Gasteiger partial charge in [-0.15, -0.1) is 11.3 Å². The predicted octanol–water partition coefficient (Wildman–Crippen LogP) is 6.77. The summed E-state index contributed by atoms with van der Waals surface area (Å²) in [5.74, 6) is 1.32. The maximum atomic E-state index is 13.6. The number of ether oxygens (including phenoxy) is 2. The Balaban J connectivity index is 0.00000166. The Bertz CT molecular complexity index is 1920. The molecule has 4 heterocycles.